The number of benzene rings is 2. The first-order valence-electron chi connectivity index (χ1n) is 7.81. The fourth-order valence-electron chi connectivity index (χ4n) is 2.40. The zero-order chi connectivity index (χ0) is 16.8. The fourth-order valence-corrected chi connectivity index (χ4v) is 2.40. The number of pyridine rings is 1. The molecule has 0 unspecified atom stereocenters. The number of esters is 1. The van der Waals surface area contributed by atoms with E-state index in [1.807, 2.05) is 42.5 Å². The Morgan fingerprint density at radius 1 is 0.875 bits per heavy atom. The number of rotatable bonds is 6. The number of fused-ring (bicyclic) bond motifs is 1. The van der Waals surface area contributed by atoms with Crippen molar-refractivity contribution in [3.05, 3.63) is 78.0 Å². The first kappa shape index (κ1) is 15.9. The number of Topliss-reactive ketones (excluding diaryl/α,β-unsaturated/α-hetero) is 1. The smallest absolute Gasteiger partial charge is 0.306 e. The summed E-state index contributed by atoms with van der Waals surface area (Å²) in [6.45, 7) is -0.228. The van der Waals surface area contributed by atoms with Crippen LogP contribution in [-0.2, 0) is 16.0 Å². The van der Waals surface area contributed by atoms with Gasteiger partial charge in [0.2, 0.25) is 0 Å². The number of carbonyl (C=O) groups is 2. The van der Waals surface area contributed by atoms with Gasteiger partial charge in [0, 0.05) is 23.1 Å². The summed E-state index contributed by atoms with van der Waals surface area (Å²) < 4.78 is 5.05. The van der Waals surface area contributed by atoms with E-state index < -0.39 is 5.97 Å². The Bertz CT molecular complexity index is 859. The summed E-state index contributed by atoms with van der Waals surface area (Å²) in [6.07, 6.45) is 0.691. The summed E-state index contributed by atoms with van der Waals surface area (Å²) in [5, 5.41) is 1.07. The number of hydrogen-bond acceptors (Lipinski definition) is 4. The monoisotopic (exact) mass is 319 g/mol. The lowest BCUT2D eigenvalue weighted by Gasteiger charge is -2.05. The van der Waals surface area contributed by atoms with Crippen molar-refractivity contribution in [2.24, 2.45) is 0 Å². The molecular weight excluding hydrogens is 302 g/mol. The number of para-hydroxylation sites is 1. The third-order valence-electron chi connectivity index (χ3n) is 3.70. The third-order valence-corrected chi connectivity index (χ3v) is 3.70. The van der Waals surface area contributed by atoms with E-state index in [1.165, 1.54) is 0 Å². The number of aromatic nitrogens is 1. The van der Waals surface area contributed by atoms with E-state index >= 15 is 0 Å². The van der Waals surface area contributed by atoms with Gasteiger partial charge in [-0.05, 0) is 12.1 Å². The second kappa shape index (κ2) is 7.51. The third kappa shape index (κ3) is 4.04. The average Bonchev–Trinajstić information content (AvgIpc) is 2.65. The maximum Gasteiger partial charge on any atom is 0.306 e. The lowest BCUT2D eigenvalue weighted by molar-refractivity contribution is -0.142. The highest BCUT2D eigenvalue weighted by Gasteiger charge is 2.10. The highest BCUT2D eigenvalue weighted by molar-refractivity contribution is 5.97. The van der Waals surface area contributed by atoms with Gasteiger partial charge in [-0.3, -0.25) is 14.6 Å². The molecule has 0 bridgehead atoms. The van der Waals surface area contributed by atoms with Crippen LogP contribution in [0.25, 0.3) is 10.9 Å². The van der Waals surface area contributed by atoms with E-state index in [9.17, 15) is 9.59 Å². The van der Waals surface area contributed by atoms with Crippen LogP contribution >= 0.6 is 0 Å². The van der Waals surface area contributed by atoms with E-state index in [4.69, 9.17) is 4.74 Å². The van der Waals surface area contributed by atoms with E-state index in [0.717, 1.165) is 16.6 Å². The van der Waals surface area contributed by atoms with Crippen molar-refractivity contribution in [1.82, 2.24) is 4.98 Å². The first-order valence-corrected chi connectivity index (χ1v) is 7.81. The van der Waals surface area contributed by atoms with Crippen LogP contribution < -0.4 is 0 Å². The van der Waals surface area contributed by atoms with E-state index in [1.54, 1.807) is 24.3 Å². The molecule has 4 nitrogen and oxygen atoms in total. The molecule has 0 aliphatic heterocycles. The van der Waals surface area contributed by atoms with Crippen LogP contribution in [0.3, 0.4) is 0 Å². The molecule has 1 aromatic heterocycles. The van der Waals surface area contributed by atoms with Crippen molar-refractivity contribution in [3.8, 4) is 0 Å². The molecule has 0 spiro atoms. The molecule has 0 aliphatic carbocycles. The number of ether oxygens (including phenoxy) is 1. The molecule has 0 N–H and O–H groups in total. The van der Waals surface area contributed by atoms with Crippen molar-refractivity contribution < 1.29 is 14.3 Å². The Balaban J connectivity index is 1.50. The zero-order valence-electron chi connectivity index (χ0n) is 13.1. The Kier molecular flexibility index (Phi) is 4.96. The number of hydrogen-bond donors (Lipinski definition) is 0. The first-order chi connectivity index (χ1) is 11.7. The summed E-state index contributed by atoms with van der Waals surface area (Å²) in [5.41, 5.74) is 2.28. The Labute approximate surface area is 140 Å². The second-order valence-electron chi connectivity index (χ2n) is 5.45. The molecule has 0 atom stereocenters. The molecule has 0 amide bonds. The Morgan fingerprint density at radius 3 is 2.46 bits per heavy atom. The number of carbonyl (C=O) groups excluding carboxylic acids is 2. The van der Waals surface area contributed by atoms with Gasteiger partial charge in [0.15, 0.2) is 12.4 Å². The van der Waals surface area contributed by atoms with Crippen LogP contribution in [0.2, 0.25) is 0 Å². The van der Waals surface area contributed by atoms with Crippen LogP contribution in [0.15, 0.2) is 66.7 Å². The fraction of sp³-hybridized carbons (Fsp3) is 0.150. The van der Waals surface area contributed by atoms with E-state index in [0.29, 0.717) is 12.0 Å². The standard InChI is InChI=1S/C20H17NO3/c22-19(16-7-2-1-3-8-16)14-24-20(23)13-12-17-11-10-15-6-4-5-9-18(15)21-17/h1-11H,12-14H2. The normalized spacial score (nSPS) is 10.5. The highest BCUT2D eigenvalue weighted by atomic mass is 16.5. The average molecular weight is 319 g/mol. The molecular formula is C20H17NO3. The lowest BCUT2D eigenvalue weighted by Crippen LogP contribution is -2.14. The van der Waals surface area contributed by atoms with Gasteiger partial charge >= 0.3 is 5.97 Å². The second-order valence-corrected chi connectivity index (χ2v) is 5.45. The van der Waals surface area contributed by atoms with Crippen molar-refractivity contribution in [2.75, 3.05) is 6.61 Å². The minimum atomic E-state index is -0.394. The van der Waals surface area contributed by atoms with Gasteiger partial charge in [-0.1, -0.05) is 54.6 Å². The van der Waals surface area contributed by atoms with Gasteiger partial charge in [-0.2, -0.15) is 0 Å². The summed E-state index contributed by atoms with van der Waals surface area (Å²) in [5.74, 6) is -0.595. The Hall–Kier alpha value is -3.01. The largest absolute Gasteiger partial charge is 0.457 e. The van der Waals surface area contributed by atoms with Gasteiger partial charge in [0.25, 0.3) is 0 Å². The Morgan fingerprint density at radius 2 is 1.62 bits per heavy atom. The quantitative estimate of drug-likeness (QED) is 0.514. The molecule has 24 heavy (non-hydrogen) atoms. The number of nitrogens with zero attached hydrogens (tertiary/aromatic N) is 1. The van der Waals surface area contributed by atoms with Gasteiger partial charge in [0.05, 0.1) is 11.9 Å². The molecule has 0 fully saturated rings. The molecule has 1 heterocycles. The molecule has 0 aliphatic rings. The minimum Gasteiger partial charge on any atom is -0.457 e. The molecule has 0 saturated heterocycles. The van der Waals surface area contributed by atoms with Crippen LogP contribution in [0.4, 0.5) is 0 Å². The van der Waals surface area contributed by atoms with E-state index in [-0.39, 0.29) is 18.8 Å². The molecule has 2 aromatic carbocycles. The summed E-state index contributed by atoms with van der Waals surface area (Å²) in [6, 6.07) is 20.5. The minimum absolute atomic E-state index is 0.201. The molecule has 120 valence electrons. The van der Waals surface area contributed by atoms with Crippen molar-refractivity contribution >= 4 is 22.7 Å². The maximum absolute atomic E-state index is 11.9. The summed E-state index contributed by atoms with van der Waals surface area (Å²) in [4.78, 5) is 28.2. The highest BCUT2D eigenvalue weighted by Crippen LogP contribution is 2.13. The maximum atomic E-state index is 11.9. The topological polar surface area (TPSA) is 56.3 Å². The molecule has 0 saturated carbocycles. The molecule has 4 heteroatoms. The van der Waals surface area contributed by atoms with Crippen molar-refractivity contribution in [2.45, 2.75) is 12.8 Å². The van der Waals surface area contributed by atoms with Crippen LogP contribution in [-0.4, -0.2) is 23.3 Å². The summed E-state index contributed by atoms with van der Waals surface area (Å²) in [7, 11) is 0. The van der Waals surface area contributed by atoms with Gasteiger partial charge in [0.1, 0.15) is 0 Å². The molecule has 0 radical (unpaired) electrons. The molecule has 3 rings (SSSR count). The van der Waals surface area contributed by atoms with Gasteiger partial charge < -0.3 is 4.74 Å². The van der Waals surface area contributed by atoms with Crippen molar-refractivity contribution in [1.29, 1.82) is 0 Å². The molecule has 3 aromatic rings. The van der Waals surface area contributed by atoms with Crippen LogP contribution in [0.1, 0.15) is 22.5 Å². The van der Waals surface area contributed by atoms with Gasteiger partial charge in [-0.25, -0.2) is 0 Å². The lowest BCUT2D eigenvalue weighted by atomic mass is 10.1. The van der Waals surface area contributed by atoms with Crippen LogP contribution in [0, 0.1) is 0 Å². The predicted octanol–water partition coefficient (Wildman–Crippen LogP) is 3.59. The number of aryl methyl sites for hydroxylation is 1. The summed E-state index contributed by atoms with van der Waals surface area (Å²) >= 11 is 0. The zero-order valence-corrected chi connectivity index (χ0v) is 13.1. The van der Waals surface area contributed by atoms with Crippen molar-refractivity contribution in [3.63, 3.8) is 0 Å². The van der Waals surface area contributed by atoms with E-state index in [2.05, 4.69) is 4.98 Å². The van der Waals surface area contributed by atoms with Crippen LogP contribution in [0.5, 0.6) is 0 Å². The SMILES string of the molecule is O=C(CCc1ccc2ccccc2n1)OCC(=O)c1ccccc1. The predicted molar refractivity (Wildman–Crippen MR) is 91.8 cm³/mol. The number of ketones is 1. The van der Waals surface area contributed by atoms with Gasteiger partial charge in [-0.15, -0.1) is 0 Å².